The zero-order chi connectivity index (χ0) is 14.1. The van der Waals surface area contributed by atoms with Crippen LogP contribution in [-0.4, -0.2) is 37.1 Å². The number of benzene rings is 1. The number of carbonyl (C=O) groups excluding carboxylic acids is 1. The van der Waals surface area contributed by atoms with E-state index in [9.17, 15) is 4.79 Å². The maximum Gasteiger partial charge on any atom is 0.315 e. The molecular formula is C15H25N3O. The Bertz CT molecular complexity index is 371. The summed E-state index contributed by atoms with van der Waals surface area (Å²) in [5.41, 5.74) is 2.34. The molecule has 0 saturated carbocycles. The van der Waals surface area contributed by atoms with Crippen LogP contribution in [0.1, 0.15) is 25.0 Å². The van der Waals surface area contributed by atoms with E-state index in [1.165, 1.54) is 5.56 Å². The van der Waals surface area contributed by atoms with E-state index >= 15 is 0 Å². The lowest BCUT2D eigenvalue weighted by Crippen LogP contribution is -2.40. The van der Waals surface area contributed by atoms with Crippen molar-refractivity contribution in [3.8, 4) is 0 Å². The largest absolute Gasteiger partial charge is 0.337 e. The standard InChI is InChI=1S/C15H25N3O/c1-4-18(5-2)11-10-16-15(19)17-12-14-8-6-13(3)7-9-14/h6-9H,4-5,10-12H2,1-3H3,(H2,16,17,19). The molecule has 1 aromatic carbocycles. The summed E-state index contributed by atoms with van der Waals surface area (Å²) in [5.74, 6) is 0. The molecule has 0 bridgehead atoms. The van der Waals surface area contributed by atoms with Gasteiger partial charge < -0.3 is 15.5 Å². The fraction of sp³-hybridized carbons (Fsp3) is 0.533. The summed E-state index contributed by atoms with van der Waals surface area (Å²) in [6, 6.07) is 8.06. The van der Waals surface area contributed by atoms with E-state index in [1.807, 2.05) is 12.1 Å². The predicted molar refractivity (Wildman–Crippen MR) is 79.2 cm³/mol. The van der Waals surface area contributed by atoms with Crippen molar-refractivity contribution in [1.82, 2.24) is 15.5 Å². The highest BCUT2D eigenvalue weighted by atomic mass is 16.2. The van der Waals surface area contributed by atoms with Crippen molar-refractivity contribution < 1.29 is 4.79 Å². The first-order chi connectivity index (χ1) is 9.15. The second-order valence-corrected chi connectivity index (χ2v) is 4.62. The minimum absolute atomic E-state index is 0.104. The van der Waals surface area contributed by atoms with Crippen LogP contribution in [0.5, 0.6) is 0 Å². The molecule has 0 spiro atoms. The van der Waals surface area contributed by atoms with Crippen LogP contribution in [0.4, 0.5) is 4.79 Å². The zero-order valence-electron chi connectivity index (χ0n) is 12.2. The molecule has 2 amide bonds. The number of aryl methyl sites for hydroxylation is 1. The van der Waals surface area contributed by atoms with E-state index in [1.54, 1.807) is 0 Å². The lowest BCUT2D eigenvalue weighted by Gasteiger charge is -2.18. The molecule has 4 heteroatoms. The van der Waals surface area contributed by atoms with Crippen LogP contribution >= 0.6 is 0 Å². The number of carbonyl (C=O) groups is 1. The first-order valence-corrected chi connectivity index (χ1v) is 6.95. The number of urea groups is 1. The number of hydrogen-bond acceptors (Lipinski definition) is 2. The third kappa shape index (κ3) is 6.25. The molecule has 19 heavy (non-hydrogen) atoms. The lowest BCUT2D eigenvalue weighted by atomic mass is 10.1. The molecule has 0 aliphatic heterocycles. The molecule has 0 aliphatic carbocycles. The van der Waals surface area contributed by atoms with Crippen molar-refractivity contribution in [2.75, 3.05) is 26.2 Å². The van der Waals surface area contributed by atoms with Gasteiger partial charge in [-0.1, -0.05) is 43.7 Å². The van der Waals surface area contributed by atoms with Crippen molar-refractivity contribution in [3.63, 3.8) is 0 Å². The molecule has 0 aromatic heterocycles. The highest BCUT2D eigenvalue weighted by Crippen LogP contribution is 2.02. The molecule has 1 aromatic rings. The summed E-state index contributed by atoms with van der Waals surface area (Å²) >= 11 is 0. The van der Waals surface area contributed by atoms with Crippen molar-refractivity contribution in [2.45, 2.75) is 27.3 Å². The third-order valence-electron chi connectivity index (χ3n) is 3.18. The van der Waals surface area contributed by atoms with Crippen LogP contribution in [0.25, 0.3) is 0 Å². The molecular weight excluding hydrogens is 238 g/mol. The van der Waals surface area contributed by atoms with Gasteiger partial charge in [0.05, 0.1) is 0 Å². The van der Waals surface area contributed by atoms with Gasteiger partial charge >= 0.3 is 6.03 Å². The van der Waals surface area contributed by atoms with E-state index in [0.29, 0.717) is 13.1 Å². The van der Waals surface area contributed by atoms with Gasteiger partial charge in [0.1, 0.15) is 0 Å². The Morgan fingerprint density at radius 3 is 2.32 bits per heavy atom. The summed E-state index contributed by atoms with van der Waals surface area (Å²) in [6.45, 7) is 10.5. The van der Waals surface area contributed by atoms with E-state index < -0.39 is 0 Å². The Labute approximate surface area is 116 Å². The van der Waals surface area contributed by atoms with Crippen molar-refractivity contribution >= 4 is 6.03 Å². The van der Waals surface area contributed by atoms with Gasteiger partial charge in [-0.15, -0.1) is 0 Å². The Morgan fingerprint density at radius 1 is 1.11 bits per heavy atom. The summed E-state index contributed by atoms with van der Waals surface area (Å²) in [6.07, 6.45) is 0. The molecule has 0 heterocycles. The average molecular weight is 263 g/mol. The molecule has 0 saturated heterocycles. The minimum atomic E-state index is -0.104. The Hall–Kier alpha value is -1.55. The smallest absolute Gasteiger partial charge is 0.315 e. The van der Waals surface area contributed by atoms with Gasteiger partial charge in [0.15, 0.2) is 0 Å². The summed E-state index contributed by atoms with van der Waals surface area (Å²) in [7, 11) is 0. The number of rotatable bonds is 7. The zero-order valence-corrected chi connectivity index (χ0v) is 12.2. The van der Waals surface area contributed by atoms with E-state index in [2.05, 4.69) is 48.4 Å². The predicted octanol–water partition coefficient (Wildman–Crippen LogP) is 2.14. The molecule has 0 unspecified atom stereocenters. The fourth-order valence-corrected chi connectivity index (χ4v) is 1.82. The van der Waals surface area contributed by atoms with Crippen molar-refractivity contribution in [1.29, 1.82) is 0 Å². The van der Waals surface area contributed by atoms with Gasteiger partial charge in [-0.05, 0) is 25.6 Å². The quantitative estimate of drug-likeness (QED) is 0.791. The van der Waals surface area contributed by atoms with Crippen LogP contribution in [0.15, 0.2) is 24.3 Å². The van der Waals surface area contributed by atoms with Gasteiger partial charge in [-0.2, -0.15) is 0 Å². The van der Waals surface area contributed by atoms with Crippen LogP contribution in [0.3, 0.4) is 0 Å². The van der Waals surface area contributed by atoms with E-state index in [4.69, 9.17) is 0 Å². The lowest BCUT2D eigenvalue weighted by molar-refractivity contribution is 0.236. The topological polar surface area (TPSA) is 44.4 Å². The highest BCUT2D eigenvalue weighted by Gasteiger charge is 2.02. The van der Waals surface area contributed by atoms with Crippen LogP contribution in [-0.2, 0) is 6.54 Å². The molecule has 4 nitrogen and oxygen atoms in total. The highest BCUT2D eigenvalue weighted by molar-refractivity contribution is 5.73. The summed E-state index contributed by atoms with van der Waals surface area (Å²) in [4.78, 5) is 13.9. The van der Waals surface area contributed by atoms with Gasteiger partial charge in [0.2, 0.25) is 0 Å². The number of nitrogens with one attached hydrogen (secondary N) is 2. The van der Waals surface area contributed by atoms with E-state index in [0.717, 1.165) is 25.2 Å². The summed E-state index contributed by atoms with van der Waals surface area (Å²) < 4.78 is 0. The van der Waals surface area contributed by atoms with Gasteiger partial charge in [0.25, 0.3) is 0 Å². The van der Waals surface area contributed by atoms with Crippen LogP contribution in [0, 0.1) is 6.92 Å². The number of likely N-dealkylation sites (N-methyl/N-ethyl adjacent to an activating group) is 1. The van der Waals surface area contributed by atoms with Gasteiger partial charge in [0, 0.05) is 19.6 Å². The number of hydrogen-bond donors (Lipinski definition) is 2. The number of nitrogens with zero attached hydrogens (tertiary/aromatic N) is 1. The second kappa shape index (κ2) is 8.53. The van der Waals surface area contributed by atoms with E-state index in [-0.39, 0.29) is 6.03 Å². The number of amides is 2. The first kappa shape index (κ1) is 15.5. The molecule has 2 N–H and O–H groups in total. The monoisotopic (exact) mass is 263 g/mol. The minimum Gasteiger partial charge on any atom is -0.337 e. The Morgan fingerprint density at radius 2 is 1.74 bits per heavy atom. The maximum absolute atomic E-state index is 11.6. The van der Waals surface area contributed by atoms with Crippen LogP contribution < -0.4 is 10.6 Å². The molecule has 1 rings (SSSR count). The Kier molecular flexibility index (Phi) is 6.97. The van der Waals surface area contributed by atoms with Crippen molar-refractivity contribution in [2.24, 2.45) is 0 Å². The second-order valence-electron chi connectivity index (χ2n) is 4.62. The molecule has 106 valence electrons. The fourth-order valence-electron chi connectivity index (χ4n) is 1.82. The summed E-state index contributed by atoms with van der Waals surface area (Å²) in [5, 5.41) is 5.73. The average Bonchev–Trinajstić information content (AvgIpc) is 2.43. The van der Waals surface area contributed by atoms with Crippen LogP contribution in [0.2, 0.25) is 0 Å². The normalized spacial score (nSPS) is 10.5. The maximum atomic E-state index is 11.6. The molecule has 0 radical (unpaired) electrons. The molecule has 0 fully saturated rings. The van der Waals surface area contributed by atoms with Gasteiger partial charge in [-0.3, -0.25) is 0 Å². The SMILES string of the molecule is CCN(CC)CCNC(=O)NCc1ccc(C)cc1. The molecule has 0 atom stereocenters. The Balaban J connectivity index is 2.19. The van der Waals surface area contributed by atoms with Gasteiger partial charge in [-0.25, -0.2) is 4.79 Å². The third-order valence-corrected chi connectivity index (χ3v) is 3.18. The first-order valence-electron chi connectivity index (χ1n) is 6.95. The van der Waals surface area contributed by atoms with Crippen molar-refractivity contribution in [3.05, 3.63) is 35.4 Å². The molecule has 0 aliphatic rings.